The van der Waals surface area contributed by atoms with Crippen molar-refractivity contribution in [3.8, 4) is 0 Å². The zero-order valence-electron chi connectivity index (χ0n) is 13.1. The van der Waals surface area contributed by atoms with Gasteiger partial charge in [-0.05, 0) is 24.1 Å². The van der Waals surface area contributed by atoms with Crippen LogP contribution in [0.25, 0.3) is 10.9 Å². The van der Waals surface area contributed by atoms with Crippen molar-refractivity contribution in [2.75, 3.05) is 11.9 Å². The van der Waals surface area contributed by atoms with Gasteiger partial charge in [0.1, 0.15) is 0 Å². The SMILES string of the molecule is NS(=O)(=O)c1cc(NCCc2c[nH]c3ccccc23)cc([N+](=O)[O-])c1. The van der Waals surface area contributed by atoms with Crippen molar-refractivity contribution in [3.63, 3.8) is 0 Å². The number of nitro groups is 1. The summed E-state index contributed by atoms with van der Waals surface area (Å²) in [6.45, 7) is 0.479. The number of hydrogen-bond acceptors (Lipinski definition) is 5. The van der Waals surface area contributed by atoms with E-state index in [0.29, 0.717) is 18.7 Å². The maximum absolute atomic E-state index is 11.5. The van der Waals surface area contributed by atoms with E-state index in [0.717, 1.165) is 22.5 Å². The van der Waals surface area contributed by atoms with Gasteiger partial charge < -0.3 is 10.3 Å². The Morgan fingerprint density at radius 2 is 1.96 bits per heavy atom. The summed E-state index contributed by atoms with van der Waals surface area (Å²) < 4.78 is 23.0. The zero-order chi connectivity index (χ0) is 18.0. The van der Waals surface area contributed by atoms with Crippen LogP contribution in [-0.2, 0) is 16.4 Å². The normalized spacial score (nSPS) is 11.6. The van der Waals surface area contributed by atoms with Crippen molar-refractivity contribution in [2.45, 2.75) is 11.3 Å². The number of rotatable bonds is 6. The average molecular weight is 360 g/mol. The number of sulfonamides is 1. The maximum Gasteiger partial charge on any atom is 0.272 e. The molecule has 3 aromatic rings. The Morgan fingerprint density at radius 1 is 1.20 bits per heavy atom. The summed E-state index contributed by atoms with van der Waals surface area (Å²) in [6, 6.07) is 11.4. The number of aromatic amines is 1. The number of nitrogens with zero attached hydrogens (tertiary/aromatic N) is 1. The van der Waals surface area contributed by atoms with Gasteiger partial charge in [-0.1, -0.05) is 18.2 Å². The van der Waals surface area contributed by atoms with Crippen LogP contribution in [0.2, 0.25) is 0 Å². The number of primary sulfonamides is 1. The minimum Gasteiger partial charge on any atom is -0.384 e. The first kappa shape index (κ1) is 16.9. The van der Waals surface area contributed by atoms with Crippen LogP contribution in [0.5, 0.6) is 0 Å². The fourth-order valence-corrected chi connectivity index (χ4v) is 3.21. The maximum atomic E-state index is 11.5. The molecule has 0 radical (unpaired) electrons. The van der Waals surface area contributed by atoms with Gasteiger partial charge in [0.2, 0.25) is 10.0 Å². The molecular formula is C16H16N4O4S. The van der Waals surface area contributed by atoms with Gasteiger partial charge in [0, 0.05) is 41.5 Å². The van der Waals surface area contributed by atoms with Gasteiger partial charge in [-0.3, -0.25) is 10.1 Å². The molecular weight excluding hydrogens is 344 g/mol. The molecule has 0 fully saturated rings. The van der Waals surface area contributed by atoms with Crippen molar-refractivity contribution < 1.29 is 13.3 Å². The number of non-ortho nitro benzene ring substituents is 1. The van der Waals surface area contributed by atoms with E-state index >= 15 is 0 Å². The Balaban J connectivity index is 1.78. The standard InChI is InChI=1S/C16H16N4O4S/c17-25(23,24)14-8-12(7-13(9-14)20(21)22)18-6-5-11-10-19-16-4-2-1-3-15(11)16/h1-4,7-10,18-19H,5-6H2,(H2,17,23,24). The third-order valence-corrected chi connectivity index (χ3v) is 4.72. The monoisotopic (exact) mass is 360 g/mol. The van der Waals surface area contributed by atoms with Gasteiger partial charge in [0.15, 0.2) is 0 Å². The summed E-state index contributed by atoms with van der Waals surface area (Å²) >= 11 is 0. The minimum absolute atomic E-state index is 0.295. The Hall–Kier alpha value is -2.91. The van der Waals surface area contributed by atoms with E-state index in [4.69, 9.17) is 5.14 Å². The van der Waals surface area contributed by atoms with Gasteiger partial charge in [0.05, 0.1) is 9.82 Å². The van der Waals surface area contributed by atoms with E-state index in [2.05, 4.69) is 10.3 Å². The number of fused-ring (bicyclic) bond motifs is 1. The molecule has 0 aliphatic carbocycles. The lowest BCUT2D eigenvalue weighted by atomic mass is 10.1. The van der Waals surface area contributed by atoms with E-state index in [1.165, 1.54) is 12.1 Å². The number of hydrogen-bond donors (Lipinski definition) is 3. The molecule has 0 aliphatic heterocycles. The second-order valence-electron chi connectivity index (χ2n) is 5.55. The number of benzene rings is 2. The van der Waals surface area contributed by atoms with Crippen molar-refractivity contribution in [1.29, 1.82) is 0 Å². The van der Waals surface area contributed by atoms with Gasteiger partial charge in [-0.2, -0.15) is 0 Å². The third-order valence-electron chi connectivity index (χ3n) is 3.83. The van der Waals surface area contributed by atoms with Gasteiger partial charge >= 0.3 is 0 Å². The van der Waals surface area contributed by atoms with Crippen LogP contribution in [-0.4, -0.2) is 24.9 Å². The summed E-state index contributed by atoms with van der Waals surface area (Å²) in [5, 5.41) is 20.2. The third kappa shape index (κ3) is 3.78. The molecule has 0 spiro atoms. The number of aromatic nitrogens is 1. The highest BCUT2D eigenvalue weighted by molar-refractivity contribution is 7.89. The van der Waals surface area contributed by atoms with E-state index in [9.17, 15) is 18.5 Å². The predicted octanol–water partition coefficient (Wildman–Crippen LogP) is 2.38. The molecule has 0 saturated heterocycles. The Morgan fingerprint density at radius 3 is 2.68 bits per heavy atom. The summed E-state index contributed by atoms with van der Waals surface area (Å²) in [5.41, 5.74) is 2.13. The molecule has 2 aromatic carbocycles. The lowest BCUT2D eigenvalue weighted by Crippen LogP contribution is -2.13. The van der Waals surface area contributed by atoms with Crippen LogP contribution in [0, 0.1) is 10.1 Å². The van der Waals surface area contributed by atoms with Crippen LogP contribution in [0.1, 0.15) is 5.56 Å². The molecule has 0 bridgehead atoms. The first-order valence-electron chi connectivity index (χ1n) is 7.46. The number of anilines is 1. The first-order valence-corrected chi connectivity index (χ1v) is 9.00. The highest BCUT2D eigenvalue weighted by Gasteiger charge is 2.16. The molecule has 0 unspecified atom stereocenters. The average Bonchev–Trinajstić information content (AvgIpc) is 2.97. The van der Waals surface area contributed by atoms with Crippen molar-refractivity contribution in [3.05, 3.63) is 64.3 Å². The Labute approximate surface area is 143 Å². The second kappa shape index (κ2) is 6.54. The smallest absolute Gasteiger partial charge is 0.272 e. The molecule has 0 aliphatic rings. The highest BCUT2D eigenvalue weighted by Crippen LogP contribution is 2.24. The topological polar surface area (TPSA) is 131 Å². The molecule has 1 aromatic heterocycles. The van der Waals surface area contributed by atoms with Crippen LogP contribution in [0.15, 0.2) is 53.6 Å². The van der Waals surface area contributed by atoms with Crippen LogP contribution in [0.4, 0.5) is 11.4 Å². The Kier molecular flexibility index (Phi) is 4.43. The number of nitrogens with one attached hydrogen (secondary N) is 2. The molecule has 1 heterocycles. The fourth-order valence-electron chi connectivity index (χ4n) is 2.64. The van der Waals surface area contributed by atoms with Crippen molar-refractivity contribution in [2.24, 2.45) is 5.14 Å². The zero-order valence-corrected chi connectivity index (χ0v) is 13.9. The Bertz CT molecular complexity index is 1040. The molecule has 0 amide bonds. The van der Waals surface area contributed by atoms with E-state index < -0.39 is 14.9 Å². The second-order valence-corrected chi connectivity index (χ2v) is 7.12. The highest BCUT2D eigenvalue weighted by atomic mass is 32.2. The molecule has 0 atom stereocenters. The lowest BCUT2D eigenvalue weighted by molar-refractivity contribution is -0.385. The summed E-state index contributed by atoms with van der Waals surface area (Å²) in [6.07, 6.45) is 2.58. The summed E-state index contributed by atoms with van der Waals surface area (Å²) in [4.78, 5) is 13.2. The van der Waals surface area contributed by atoms with E-state index in [1.807, 2.05) is 30.5 Å². The molecule has 3 rings (SSSR count). The van der Waals surface area contributed by atoms with E-state index in [-0.39, 0.29) is 10.6 Å². The van der Waals surface area contributed by atoms with Crippen LogP contribution < -0.4 is 10.5 Å². The van der Waals surface area contributed by atoms with Crippen LogP contribution >= 0.6 is 0 Å². The lowest BCUT2D eigenvalue weighted by Gasteiger charge is -2.08. The number of nitro benzene ring substituents is 1. The molecule has 8 nitrogen and oxygen atoms in total. The van der Waals surface area contributed by atoms with E-state index in [1.54, 1.807) is 0 Å². The summed E-state index contributed by atoms with van der Waals surface area (Å²) in [5.74, 6) is 0. The largest absolute Gasteiger partial charge is 0.384 e. The van der Waals surface area contributed by atoms with Crippen LogP contribution in [0.3, 0.4) is 0 Å². The number of H-pyrrole nitrogens is 1. The number of para-hydroxylation sites is 1. The van der Waals surface area contributed by atoms with Crippen molar-refractivity contribution >= 4 is 32.3 Å². The molecule has 0 saturated carbocycles. The fraction of sp³-hybridized carbons (Fsp3) is 0.125. The summed E-state index contributed by atoms with van der Waals surface area (Å²) in [7, 11) is -4.03. The quantitative estimate of drug-likeness (QED) is 0.459. The molecule has 4 N–H and O–H groups in total. The molecule has 9 heteroatoms. The number of nitrogens with two attached hydrogens (primary N) is 1. The molecule has 130 valence electrons. The predicted molar refractivity (Wildman–Crippen MR) is 95.0 cm³/mol. The molecule has 25 heavy (non-hydrogen) atoms. The van der Waals surface area contributed by atoms with Gasteiger partial charge in [-0.15, -0.1) is 0 Å². The first-order chi connectivity index (χ1) is 11.8. The van der Waals surface area contributed by atoms with Gasteiger partial charge in [-0.25, -0.2) is 13.6 Å². The van der Waals surface area contributed by atoms with Gasteiger partial charge in [0.25, 0.3) is 5.69 Å². The van der Waals surface area contributed by atoms with Crippen molar-refractivity contribution in [1.82, 2.24) is 4.98 Å². The minimum atomic E-state index is -4.03.